The van der Waals surface area contributed by atoms with Gasteiger partial charge in [-0.05, 0) is 54.2 Å². The lowest BCUT2D eigenvalue weighted by Gasteiger charge is -2.25. The molecule has 2 aliphatic rings. The standard InChI is InChI=1S/C24H27ClN4O4/c1-14-8-9-15(10-19(14)25)11-26-24(33)27-12-16-4-2-5-17-18(16)13-29(23(17)32)20-6-3-7-21(30)28-22(20)31/h2,4-5,8-10,20,24,26-27,33H,3,6-7,11-13H2,1H3,(H,28,30,31). The van der Waals surface area contributed by atoms with E-state index in [0.29, 0.717) is 43.1 Å². The molecule has 2 aliphatic heterocycles. The van der Waals surface area contributed by atoms with Crippen LogP contribution in [0.2, 0.25) is 5.02 Å². The largest absolute Gasteiger partial charge is 0.365 e. The molecule has 4 rings (SSSR count). The van der Waals surface area contributed by atoms with Crippen LogP contribution in [0.25, 0.3) is 0 Å². The third kappa shape index (κ3) is 5.25. The van der Waals surface area contributed by atoms with Gasteiger partial charge in [0.1, 0.15) is 6.04 Å². The summed E-state index contributed by atoms with van der Waals surface area (Å²) in [6.07, 6.45) is 0.330. The molecule has 2 atom stereocenters. The number of carbonyl (C=O) groups is 3. The van der Waals surface area contributed by atoms with Gasteiger partial charge < -0.3 is 10.0 Å². The fraction of sp³-hybridized carbons (Fsp3) is 0.375. The third-order valence-corrected chi connectivity index (χ3v) is 6.54. The minimum absolute atomic E-state index is 0.212. The van der Waals surface area contributed by atoms with Gasteiger partial charge >= 0.3 is 0 Å². The van der Waals surface area contributed by atoms with Crippen LogP contribution in [-0.2, 0) is 29.2 Å². The molecule has 2 heterocycles. The van der Waals surface area contributed by atoms with Gasteiger partial charge in [-0.15, -0.1) is 0 Å². The fourth-order valence-corrected chi connectivity index (χ4v) is 4.45. The van der Waals surface area contributed by atoms with Gasteiger partial charge in [-0.1, -0.05) is 35.9 Å². The zero-order valence-electron chi connectivity index (χ0n) is 18.4. The highest BCUT2D eigenvalue weighted by molar-refractivity contribution is 6.31. The van der Waals surface area contributed by atoms with E-state index in [1.807, 2.05) is 31.2 Å². The number of carbonyl (C=O) groups excluding carboxylic acids is 3. The van der Waals surface area contributed by atoms with Crippen LogP contribution >= 0.6 is 11.6 Å². The van der Waals surface area contributed by atoms with Crippen molar-refractivity contribution in [1.82, 2.24) is 20.9 Å². The minimum atomic E-state index is -0.965. The average Bonchev–Trinajstić information content (AvgIpc) is 3.02. The van der Waals surface area contributed by atoms with Crippen molar-refractivity contribution in [1.29, 1.82) is 0 Å². The summed E-state index contributed by atoms with van der Waals surface area (Å²) in [5.74, 6) is -0.934. The van der Waals surface area contributed by atoms with E-state index in [1.54, 1.807) is 12.1 Å². The lowest BCUT2D eigenvalue weighted by atomic mass is 10.0. The Morgan fingerprint density at radius 1 is 1.18 bits per heavy atom. The van der Waals surface area contributed by atoms with Crippen molar-refractivity contribution in [2.24, 2.45) is 0 Å². The monoisotopic (exact) mass is 470 g/mol. The predicted molar refractivity (Wildman–Crippen MR) is 123 cm³/mol. The van der Waals surface area contributed by atoms with Gasteiger partial charge in [-0.2, -0.15) is 0 Å². The van der Waals surface area contributed by atoms with Crippen molar-refractivity contribution in [3.8, 4) is 0 Å². The van der Waals surface area contributed by atoms with Crippen molar-refractivity contribution < 1.29 is 19.5 Å². The van der Waals surface area contributed by atoms with Crippen molar-refractivity contribution in [2.75, 3.05) is 0 Å². The summed E-state index contributed by atoms with van der Waals surface area (Å²) in [5.41, 5.74) is 4.19. The van der Waals surface area contributed by atoms with Gasteiger partial charge in [-0.25, -0.2) is 0 Å². The Hall–Kier alpha value is -2.78. The first-order valence-electron chi connectivity index (χ1n) is 11.0. The molecular formula is C24H27ClN4O4. The second kappa shape index (κ2) is 10.0. The Morgan fingerprint density at radius 3 is 2.76 bits per heavy atom. The number of amides is 3. The highest BCUT2D eigenvalue weighted by Crippen LogP contribution is 2.29. The van der Waals surface area contributed by atoms with E-state index in [-0.39, 0.29) is 18.2 Å². The lowest BCUT2D eigenvalue weighted by molar-refractivity contribution is -0.132. The van der Waals surface area contributed by atoms with Crippen LogP contribution in [0.1, 0.15) is 51.9 Å². The molecule has 0 radical (unpaired) electrons. The first-order chi connectivity index (χ1) is 15.8. The number of hydrogen-bond acceptors (Lipinski definition) is 6. The zero-order valence-corrected chi connectivity index (χ0v) is 19.1. The summed E-state index contributed by atoms with van der Waals surface area (Å²) in [5, 5.41) is 19.4. The number of halogens is 1. The average molecular weight is 471 g/mol. The van der Waals surface area contributed by atoms with Gasteiger partial charge in [-0.3, -0.25) is 30.3 Å². The Balaban J connectivity index is 1.38. The molecule has 0 aromatic heterocycles. The van der Waals surface area contributed by atoms with Gasteiger partial charge in [0.05, 0.1) is 0 Å². The fourth-order valence-electron chi connectivity index (χ4n) is 4.24. The normalized spacial score (nSPS) is 19.3. The maximum absolute atomic E-state index is 13.0. The number of aliphatic hydroxyl groups excluding tert-OH is 1. The van der Waals surface area contributed by atoms with Crippen LogP contribution in [0.15, 0.2) is 36.4 Å². The zero-order chi connectivity index (χ0) is 23.5. The molecule has 2 aromatic carbocycles. The van der Waals surface area contributed by atoms with Crippen molar-refractivity contribution in [3.63, 3.8) is 0 Å². The van der Waals surface area contributed by atoms with Crippen LogP contribution in [-0.4, -0.2) is 40.1 Å². The lowest BCUT2D eigenvalue weighted by Crippen LogP contribution is -2.47. The van der Waals surface area contributed by atoms with Crippen LogP contribution in [0.3, 0.4) is 0 Å². The van der Waals surface area contributed by atoms with Crippen LogP contribution in [0.5, 0.6) is 0 Å². The molecule has 0 aliphatic carbocycles. The summed E-state index contributed by atoms with van der Waals surface area (Å²) in [6, 6.07) is 10.5. The molecule has 33 heavy (non-hydrogen) atoms. The number of imide groups is 1. The first-order valence-corrected chi connectivity index (χ1v) is 11.4. The molecule has 2 aromatic rings. The molecule has 174 valence electrons. The Morgan fingerprint density at radius 2 is 1.97 bits per heavy atom. The van der Waals surface area contributed by atoms with Gasteiger partial charge in [0.25, 0.3) is 5.91 Å². The van der Waals surface area contributed by atoms with Gasteiger partial charge in [0.2, 0.25) is 11.8 Å². The Kier molecular flexibility index (Phi) is 7.09. The highest BCUT2D eigenvalue weighted by Gasteiger charge is 2.38. The Labute approximate surface area is 197 Å². The van der Waals surface area contributed by atoms with E-state index in [0.717, 1.165) is 22.3 Å². The number of fused-ring (bicyclic) bond motifs is 1. The van der Waals surface area contributed by atoms with E-state index in [4.69, 9.17) is 11.6 Å². The molecule has 3 amide bonds. The second-order valence-corrected chi connectivity index (χ2v) is 8.85. The SMILES string of the molecule is Cc1ccc(CNC(O)NCc2cccc3c2CN(C2CCCC(=O)NC2=O)C3=O)cc1Cl. The molecule has 4 N–H and O–H groups in total. The number of rotatable bonds is 7. The summed E-state index contributed by atoms with van der Waals surface area (Å²) in [4.78, 5) is 38.6. The van der Waals surface area contributed by atoms with Crippen LogP contribution < -0.4 is 16.0 Å². The van der Waals surface area contributed by atoms with Crippen LogP contribution in [0, 0.1) is 6.92 Å². The van der Waals surface area contributed by atoms with Crippen molar-refractivity contribution >= 4 is 29.3 Å². The van der Waals surface area contributed by atoms with Gasteiger partial charge in [0.15, 0.2) is 6.35 Å². The minimum Gasteiger partial charge on any atom is -0.365 e. The quantitative estimate of drug-likeness (QED) is 0.363. The van der Waals surface area contributed by atoms with E-state index in [1.165, 1.54) is 4.90 Å². The molecule has 1 saturated heterocycles. The number of aryl methyl sites for hydroxylation is 1. The summed E-state index contributed by atoms with van der Waals surface area (Å²) in [6.45, 7) is 3.00. The molecule has 8 nitrogen and oxygen atoms in total. The second-order valence-electron chi connectivity index (χ2n) is 8.44. The van der Waals surface area contributed by atoms with Crippen molar-refractivity contribution in [3.05, 3.63) is 69.2 Å². The molecule has 0 saturated carbocycles. The number of nitrogens with one attached hydrogen (secondary N) is 3. The molecule has 0 spiro atoms. The van der Waals surface area contributed by atoms with Crippen molar-refractivity contribution in [2.45, 2.75) is 58.2 Å². The maximum Gasteiger partial charge on any atom is 0.255 e. The van der Waals surface area contributed by atoms with E-state index < -0.39 is 18.3 Å². The van der Waals surface area contributed by atoms with Gasteiger partial charge in [0, 0.05) is 36.6 Å². The van der Waals surface area contributed by atoms with E-state index in [2.05, 4.69) is 16.0 Å². The molecule has 2 unspecified atom stereocenters. The number of hydrogen-bond donors (Lipinski definition) is 4. The number of nitrogens with zero attached hydrogens (tertiary/aromatic N) is 1. The molecule has 0 bridgehead atoms. The third-order valence-electron chi connectivity index (χ3n) is 6.14. The maximum atomic E-state index is 13.0. The summed E-state index contributed by atoms with van der Waals surface area (Å²) < 4.78 is 0. The smallest absolute Gasteiger partial charge is 0.255 e. The summed E-state index contributed by atoms with van der Waals surface area (Å²) >= 11 is 6.15. The number of aliphatic hydroxyl groups is 1. The molecular weight excluding hydrogens is 444 g/mol. The molecule has 1 fully saturated rings. The highest BCUT2D eigenvalue weighted by atomic mass is 35.5. The van der Waals surface area contributed by atoms with Crippen LogP contribution in [0.4, 0.5) is 0 Å². The topological polar surface area (TPSA) is 111 Å². The Bertz CT molecular complexity index is 1090. The van der Waals surface area contributed by atoms with E-state index in [9.17, 15) is 19.5 Å². The molecule has 9 heteroatoms. The van der Waals surface area contributed by atoms with E-state index >= 15 is 0 Å². The summed E-state index contributed by atoms with van der Waals surface area (Å²) in [7, 11) is 0. The number of benzene rings is 2. The first kappa shape index (κ1) is 23.4. The predicted octanol–water partition coefficient (Wildman–Crippen LogP) is 1.95.